The van der Waals surface area contributed by atoms with Gasteiger partial charge in [0.05, 0.1) is 0 Å². The summed E-state index contributed by atoms with van der Waals surface area (Å²) in [4.78, 5) is 11.5. The van der Waals surface area contributed by atoms with E-state index in [2.05, 4.69) is 5.32 Å². The average molecular weight is 225 g/mol. The van der Waals surface area contributed by atoms with Crippen LogP contribution in [-0.2, 0) is 11.2 Å². The van der Waals surface area contributed by atoms with Crippen LogP contribution in [0.3, 0.4) is 0 Å². The van der Waals surface area contributed by atoms with Crippen molar-refractivity contribution in [2.45, 2.75) is 12.8 Å². The van der Waals surface area contributed by atoms with Crippen molar-refractivity contribution in [3.63, 3.8) is 0 Å². The summed E-state index contributed by atoms with van der Waals surface area (Å²) in [6.07, 6.45) is 0.588. The maximum absolute atomic E-state index is 13.4. The lowest BCUT2D eigenvalue weighted by Crippen LogP contribution is -2.38. The fourth-order valence-electron chi connectivity index (χ4n) is 1.97. The number of carbonyl (C=O) groups is 1. The predicted molar refractivity (Wildman–Crippen MR) is 56.0 cm³/mol. The molecule has 2 nitrogen and oxygen atoms in total. The number of halogens is 2. The summed E-state index contributed by atoms with van der Waals surface area (Å²) < 4.78 is 26.7. The van der Waals surface area contributed by atoms with E-state index in [1.807, 2.05) is 0 Å². The van der Waals surface area contributed by atoms with Crippen LogP contribution in [0.2, 0.25) is 0 Å². The van der Waals surface area contributed by atoms with Crippen LogP contribution in [0.4, 0.5) is 8.78 Å². The van der Waals surface area contributed by atoms with Crippen molar-refractivity contribution in [1.29, 1.82) is 0 Å². The van der Waals surface area contributed by atoms with Crippen LogP contribution in [0, 0.1) is 17.6 Å². The van der Waals surface area contributed by atoms with Crippen LogP contribution in [0.25, 0.3) is 0 Å². The second-order valence-corrected chi connectivity index (χ2v) is 4.02. The topological polar surface area (TPSA) is 29.1 Å². The number of hydrogen-bond acceptors (Lipinski definition) is 2. The van der Waals surface area contributed by atoms with Gasteiger partial charge in [0.25, 0.3) is 0 Å². The largest absolute Gasteiger partial charge is 0.316 e. The minimum Gasteiger partial charge on any atom is -0.316 e. The number of ketones is 1. The molecule has 1 aromatic carbocycles. The molecule has 1 saturated heterocycles. The van der Waals surface area contributed by atoms with E-state index in [1.54, 1.807) is 0 Å². The van der Waals surface area contributed by atoms with Gasteiger partial charge in [0.1, 0.15) is 17.4 Å². The molecule has 1 unspecified atom stereocenters. The third-order valence-corrected chi connectivity index (χ3v) is 2.91. The summed E-state index contributed by atoms with van der Waals surface area (Å²) in [7, 11) is 0. The highest BCUT2D eigenvalue weighted by Gasteiger charge is 2.24. The van der Waals surface area contributed by atoms with Gasteiger partial charge in [0.2, 0.25) is 0 Å². The zero-order valence-corrected chi connectivity index (χ0v) is 8.80. The van der Waals surface area contributed by atoms with Crippen LogP contribution in [0.5, 0.6) is 0 Å². The molecule has 0 saturated carbocycles. The Morgan fingerprint density at radius 1 is 1.31 bits per heavy atom. The first-order valence-electron chi connectivity index (χ1n) is 5.35. The molecule has 0 bridgehead atoms. The Morgan fingerprint density at radius 2 is 2.00 bits per heavy atom. The number of carbonyl (C=O) groups excluding carboxylic acids is 1. The SMILES string of the molecule is O=C1CCNCC1Cc1c(F)cccc1F. The maximum Gasteiger partial charge on any atom is 0.138 e. The molecule has 1 atom stereocenters. The minimum absolute atomic E-state index is 0.0181. The Hall–Kier alpha value is -1.29. The molecule has 16 heavy (non-hydrogen) atoms. The van der Waals surface area contributed by atoms with E-state index in [0.29, 0.717) is 19.5 Å². The highest BCUT2D eigenvalue weighted by atomic mass is 19.1. The van der Waals surface area contributed by atoms with E-state index < -0.39 is 11.6 Å². The van der Waals surface area contributed by atoms with E-state index in [0.717, 1.165) is 0 Å². The van der Waals surface area contributed by atoms with Crippen molar-refractivity contribution >= 4 is 5.78 Å². The smallest absolute Gasteiger partial charge is 0.138 e. The van der Waals surface area contributed by atoms with Crippen molar-refractivity contribution in [3.05, 3.63) is 35.4 Å². The molecule has 4 heteroatoms. The molecule has 0 aromatic heterocycles. The quantitative estimate of drug-likeness (QED) is 0.829. The molecule has 1 aliphatic rings. The highest BCUT2D eigenvalue weighted by Crippen LogP contribution is 2.19. The van der Waals surface area contributed by atoms with E-state index in [9.17, 15) is 13.6 Å². The van der Waals surface area contributed by atoms with Gasteiger partial charge in [-0.05, 0) is 18.6 Å². The van der Waals surface area contributed by atoms with Crippen molar-refractivity contribution in [2.24, 2.45) is 5.92 Å². The van der Waals surface area contributed by atoms with Crippen molar-refractivity contribution in [1.82, 2.24) is 5.32 Å². The summed E-state index contributed by atoms with van der Waals surface area (Å²) >= 11 is 0. The Balaban J connectivity index is 2.16. The fourth-order valence-corrected chi connectivity index (χ4v) is 1.97. The standard InChI is InChI=1S/C12H13F2NO/c13-10-2-1-3-11(14)9(10)6-8-7-15-5-4-12(8)16/h1-3,8,15H,4-7H2. The van der Waals surface area contributed by atoms with Crippen molar-refractivity contribution < 1.29 is 13.6 Å². The lowest BCUT2D eigenvalue weighted by Gasteiger charge is -2.21. The van der Waals surface area contributed by atoms with Gasteiger partial charge < -0.3 is 5.32 Å². The predicted octanol–water partition coefficient (Wildman–Crippen LogP) is 1.69. The number of Topliss-reactive ketones (excluding diaryl/α,β-unsaturated/α-hetero) is 1. The summed E-state index contributed by atoms with van der Waals surface area (Å²) in [5.74, 6) is -1.36. The van der Waals surface area contributed by atoms with Gasteiger partial charge in [-0.3, -0.25) is 4.79 Å². The molecule has 0 amide bonds. The van der Waals surface area contributed by atoms with Crippen molar-refractivity contribution in [2.75, 3.05) is 13.1 Å². The normalized spacial score (nSPS) is 21.1. The second kappa shape index (κ2) is 4.70. The van der Waals surface area contributed by atoms with E-state index >= 15 is 0 Å². The van der Waals surface area contributed by atoms with Gasteiger partial charge >= 0.3 is 0 Å². The molecule has 0 radical (unpaired) electrons. The first-order valence-corrected chi connectivity index (χ1v) is 5.35. The zero-order valence-electron chi connectivity index (χ0n) is 8.80. The minimum atomic E-state index is -0.571. The zero-order chi connectivity index (χ0) is 11.5. The number of piperidine rings is 1. The van der Waals surface area contributed by atoms with E-state index in [4.69, 9.17) is 0 Å². The van der Waals surface area contributed by atoms with Gasteiger partial charge in [0.15, 0.2) is 0 Å². The van der Waals surface area contributed by atoms with Crippen LogP contribution in [0.1, 0.15) is 12.0 Å². The molecule has 1 heterocycles. The Morgan fingerprint density at radius 3 is 2.62 bits per heavy atom. The fraction of sp³-hybridized carbons (Fsp3) is 0.417. The van der Waals surface area contributed by atoms with Gasteiger partial charge in [-0.2, -0.15) is 0 Å². The Bertz CT molecular complexity index is 386. The van der Waals surface area contributed by atoms with Crippen LogP contribution in [0.15, 0.2) is 18.2 Å². The average Bonchev–Trinajstić information content (AvgIpc) is 2.26. The molecule has 1 aliphatic heterocycles. The number of nitrogens with one attached hydrogen (secondary N) is 1. The summed E-state index contributed by atoms with van der Waals surface area (Å²) in [5.41, 5.74) is 0.0181. The molecule has 86 valence electrons. The number of hydrogen-bond donors (Lipinski definition) is 1. The van der Waals surface area contributed by atoms with E-state index in [-0.39, 0.29) is 23.7 Å². The van der Waals surface area contributed by atoms with E-state index in [1.165, 1.54) is 18.2 Å². The van der Waals surface area contributed by atoms with Crippen LogP contribution >= 0.6 is 0 Å². The Kier molecular flexibility index (Phi) is 3.29. The molecular formula is C12H13F2NO. The summed E-state index contributed by atoms with van der Waals surface area (Å²) in [6.45, 7) is 1.17. The molecule has 1 N–H and O–H groups in total. The second-order valence-electron chi connectivity index (χ2n) is 4.02. The monoisotopic (exact) mass is 225 g/mol. The molecule has 0 spiro atoms. The van der Waals surface area contributed by atoms with Gasteiger partial charge in [0, 0.05) is 31.0 Å². The summed E-state index contributed by atoms with van der Waals surface area (Å²) in [6, 6.07) is 3.77. The third kappa shape index (κ3) is 2.27. The number of benzene rings is 1. The van der Waals surface area contributed by atoms with Gasteiger partial charge in [-0.1, -0.05) is 6.07 Å². The number of rotatable bonds is 2. The lowest BCUT2D eigenvalue weighted by molar-refractivity contribution is -0.123. The molecule has 1 aromatic rings. The van der Waals surface area contributed by atoms with Crippen LogP contribution in [-0.4, -0.2) is 18.9 Å². The summed E-state index contributed by atoms with van der Waals surface area (Å²) in [5, 5.41) is 3.06. The molecule has 0 aliphatic carbocycles. The van der Waals surface area contributed by atoms with Crippen molar-refractivity contribution in [3.8, 4) is 0 Å². The Labute approximate surface area is 92.7 Å². The van der Waals surface area contributed by atoms with Gasteiger partial charge in [-0.25, -0.2) is 8.78 Å². The molecular weight excluding hydrogens is 212 g/mol. The maximum atomic E-state index is 13.4. The lowest BCUT2D eigenvalue weighted by atomic mass is 9.91. The molecule has 2 rings (SSSR count). The highest BCUT2D eigenvalue weighted by molar-refractivity contribution is 5.82. The van der Waals surface area contributed by atoms with Gasteiger partial charge in [-0.15, -0.1) is 0 Å². The first-order chi connectivity index (χ1) is 7.68. The third-order valence-electron chi connectivity index (χ3n) is 2.91. The van der Waals surface area contributed by atoms with Crippen LogP contribution < -0.4 is 5.32 Å². The first kappa shape index (κ1) is 11.2. The molecule has 1 fully saturated rings.